The Kier molecular flexibility index (Phi) is 5.84. The SMILES string of the molecule is O=S(=O)(OCOS(=O)(=O)c1cc(F)c(F)cc1F)c1cc(F)c(F)cc1F. The molecule has 2 aromatic rings. The van der Waals surface area contributed by atoms with Gasteiger partial charge in [0.2, 0.25) is 0 Å². The van der Waals surface area contributed by atoms with Crippen LogP contribution in [0.15, 0.2) is 34.1 Å². The molecule has 6 nitrogen and oxygen atoms in total. The molecular formula is C13H6F6O6S2. The first-order chi connectivity index (χ1) is 12.3. The molecular weight excluding hydrogens is 430 g/mol. The van der Waals surface area contributed by atoms with Gasteiger partial charge in [0.1, 0.15) is 21.4 Å². The molecule has 27 heavy (non-hydrogen) atoms. The molecule has 0 aromatic heterocycles. The molecule has 148 valence electrons. The average molecular weight is 436 g/mol. The van der Waals surface area contributed by atoms with E-state index in [0.29, 0.717) is 0 Å². The third kappa shape index (κ3) is 4.58. The molecule has 0 spiro atoms. The zero-order valence-electron chi connectivity index (χ0n) is 12.6. The van der Waals surface area contributed by atoms with Crippen LogP contribution in [0.3, 0.4) is 0 Å². The van der Waals surface area contributed by atoms with Crippen molar-refractivity contribution in [1.29, 1.82) is 0 Å². The van der Waals surface area contributed by atoms with Crippen molar-refractivity contribution in [2.45, 2.75) is 9.79 Å². The van der Waals surface area contributed by atoms with Gasteiger partial charge in [0.15, 0.2) is 30.1 Å². The summed E-state index contributed by atoms with van der Waals surface area (Å²) in [4.78, 5) is -2.94. The number of hydrogen-bond donors (Lipinski definition) is 0. The van der Waals surface area contributed by atoms with E-state index in [2.05, 4.69) is 8.37 Å². The molecule has 0 bridgehead atoms. The molecule has 2 aromatic carbocycles. The van der Waals surface area contributed by atoms with Crippen molar-refractivity contribution in [3.05, 3.63) is 59.2 Å². The zero-order chi connectivity index (χ0) is 20.6. The fraction of sp³-hybridized carbons (Fsp3) is 0.0769. The predicted octanol–water partition coefficient (Wildman–Crippen LogP) is 2.59. The summed E-state index contributed by atoms with van der Waals surface area (Å²) >= 11 is 0. The van der Waals surface area contributed by atoms with Crippen molar-refractivity contribution in [3.63, 3.8) is 0 Å². The lowest BCUT2D eigenvalue weighted by molar-refractivity contribution is 0.131. The number of benzene rings is 2. The third-order valence-corrected chi connectivity index (χ3v) is 5.41. The molecule has 0 aliphatic carbocycles. The Morgan fingerprint density at radius 2 is 0.852 bits per heavy atom. The van der Waals surface area contributed by atoms with E-state index in [1.54, 1.807) is 0 Å². The summed E-state index contributed by atoms with van der Waals surface area (Å²) in [6.45, 7) is -1.69. The minimum atomic E-state index is -5.16. The molecule has 0 radical (unpaired) electrons. The van der Waals surface area contributed by atoms with Gasteiger partial charge in [-0.15, -0.1) is 0 Å². The van der Waals surface area contributed by atoms with E-state index in [1.165, 1.54) is 0 Å². The van der Waals surface area contributed by atoms with Gasteiger partial charge in [-0.2, -0.15) is 16.8 Å². The highest BCUT2D eigenvalue weighted by atomic mass is 32.2. The van der Waals surface area contributed by atoms with E-state index in [0.717, 1.165) is 0 Å². The fourth-order valence-corrected chi connectivity index (χ4v) is 3.42. The minimum absolute atomic E-state index is 0.0660. The summed E-state index contributed by atoms with van der Waals surface area (Å²) in [5.41, 5.74) is 0. The van der Waals surface area contributed by atoms with Gasteiger partial charge in [-0.3, -0.25) is 0 Å². The van der Waals surface area contributed by atoms with Gasteiger partial charge in [0, 0.05) is 24.3 Å². The molecule has 14 heteroatoms. The molecule has 0 atom stereocenters. The first-order valence-corrected chi connectivity index (χ1v) is 9.25. The summed E-state index contributed by atoms with van der Waals surface area (Å²) in [6, 6.07) is -0.327. The van der Waals surface area contributed by atoms with Crippen molar-refractivity contribution in [1.82, 2.24) is 0 Å². The standard InChI is InChI=1S/C13H6F6O6S2/c14-6-1-10(18)12(3-8(6)16)26(20,21)24-5-25-27(22,23)13-4-9(17)7(15)2-11(13)19/h1-4H,5H2. The van der Waals surface area contributed by atoms with Crippen LogP contribution in [-0.4, -0.2) is 23.6 Å². The number of halogens is 6. The quantitative estimate of drug-likeness (QED) is 0.300. The van der Waals surface area contributed by atoms with Crippen LogP contribution in [0.5, 0.6) is 0 Å². The van der Waals surface area contributed by atoms with Crippen LogP contribution in [-0.2, 0) is 28.6 Å². The molecule has 0 saturated heterocycles. The van der Waals surface area contributed by atoms with Crippen molar-refractivity contribution in [2.24, 2.45) is 0 Å². The Hall–Kier alpha value is -2.16. The van der Waals surface area contributed by atoms with E-state index in [4.69, 9.17) is 0 Å². The molecule has 2 rings (SSSR count). The maximum atomic E-state index is 13.4. The first-order valence-electron chi connectivity index (χ1n) is 6.43. The van der Waals surface area contributed by atoms with E-state index in [9.17, 15) is 43.2 Å². The Balaban J connectivity index is 2.20. The summed E-state index contributed by atoms with van der Waals surface area (Å²) in [5, 5.41) is 0. The van der Waals surface area contributed by atoms with Crippen molar-refractivity contribution in [2.75, 3.05) is 6.79 Å². The molecule has 0 aliphatic heterocycles. The van der Waals surface area contributed by atoms with Crippen LogP contribution in [0.4, 0.5) is 26.3 Å². The lowest BCUT2D eigenvalue weighted by Gasteiger charge is -2.09. The van der Waals surface area contributed by atoms with Crippen molar-refractivity contribution >= 4 is 20.2 Å². The van der Waals surface area contributed by atoms with Gasteiger partial charge < -0.3 is 0 Å². The van der Waals surface area contributed by atoms with E-state index in [1.807, 2.05) is 0 Å². The van der Waals surface area contributed by atoms with Gasteiger partial charge in [-0.05, 0) is 0 Å². The topological polar surface area (TPSA) is 86.7 Å². The number of rotatable bonds is 6. The van der Waals surface area contributed by atoms with Crippen LogP contribution >= 0.6 is 0 Å². The predicted molar refractivity (Wildman–Crippen MR) is 74.0 cm³/mol. The van der Waals surface area contributed by atoms with E-state index < -0.39 is 71.7 Å². The molecule has 0 unspecified atom stereocenters. The lowest BCUT2D eigenvalue weighted by atomic mass is 10.3. The molecule has 0 aliphatic rings. The van der Waals surface area contributed by atoms with Crippen LogP contribution in [0.25, 0.3) is 0 Å². The Bertz CT molecular complexity index is 1010. The van der Waals surface area contributed by atoms with E-state index >= 15 is 0 Å². The van der Waals surface area contributed by atoms with E-state index in [-0.39, 0.29) is 24.3 Å². The Morgan fingerprint density at radius 3 is 1.19 bits per heavy atom. The maximum absolute atomic E-state index is 13.4. The van der Waals surface area contributed by atoms with Crippen molar-refractivity contribution in [3.8, 4) is 0 Å². The summed E-state index contributed by atoms with van der Waals surface area (Å²) in [6.07, 6.45) is 0. The van der Waals surface area contributed by atoms with Crippen molar-refractivity contribution < 1.29 is 51.5 Å². The fourth-order valence-electron chi connectivity index (χ4n) is 1.67. The van der Waals surface area contributed by atoms with Gasteiger partial charge >= 0.3 is 20.2 Å². The summed E-state index contributed by atoms with van der Waals surface area (Å²) < 4.78 is 133. The second-order valence-corrected chi connectivity index (χ2v) is 7.82. The largest absolute Gasteiger partial charge is 0.302 e. The molecule has 0 amide bonds. The molecule has 0 N–H and O–H groups in total. The van der Waals surface area contributed by atoms with Crippen LogP contribution in [0.2, 0.25) is 0 Å². The highest BCUT2D eigenvalue weighted by Crippen LogP contribution is 2.23. The summed E-state index contributed by atoms with van der Waals surface area (Å²) in [5.74, 6) is -10.4. The Labute approximate surface area is 148 Å². The summed E-state index contributed by atoms with van der Waals surface area (Å²) in [7, 11) is -10.3. The maximum Gasteiger partial charge on any atom is 0.302 e. The van der Waals surface area contributed by atoms with Gasteiger partial charge in [0.25, 0.3) is 0 Å². The van der Waals surface area contributed by atoms with Gasteiger partial charge in [-0.25, -0.2) is 34.7 Å². The average Bonchev–Trinajstić information content (AvgIpc) is 2.53. The number of hydrogen-bond acceptors (Lipinski definition) is 6. The third-order valence-electron chi connectivity index (χ3n) is 2.89. The minimum Gasteiger partial charge on any atom is -0.236 e. The van der Waals surface area contributed by atoms with Crippen LogP contribution in [0, 0.1) is 34.9 Å². The smallest absolute Gasteiger partial charge is 0.236 e. The van der Waals surface area contributed by atoms with Gasteiger partial charge in [-0.1, -0.05) is 0 Å². The van der Waals surface area contributed by atoms with Crippen LogP contribution < -0.4 is 0 Å². The highest BCUT2D eigenvalue weighted by Gasteiger charge is 2.27. The second-order valence-electron chi connectivity index (χ2n) is 4.66. The lowest BCUT2D eigenvalue weighted by Crippen LogP contribution is -2.16. The first kappa shape index (κ1) is 21.1. The van der Waals surface area contributed by atoms with Gasteiger partial charge in [0.05, 0.1) is 0 Å². The molecule has 0 fully saturated rings. The van der Waals surface area contributed by atoms with Crippen LogP contribution in [0.1, 0.15) is 0 Å². The normalized spacial score (nSPS) is 12.4. The molecule has 0 saturated carbocycles. The highest BCUT2D eigenvalue weighted by molar-refractivity contribution is 7.87. The zero-order valence-corrected chi connectivity index (χ0v) is 14.2. The molecule has 0 heterocycles. The second kappa shape index (κ2) is 7.46. The Morgan fingerprint density at radius 1 is 0.556 bits per heavy atom. The monoisotopic (exact) mass is 436 g/mol.